The number of rotatable bonds is 6. The van der Waals surface area contributed by atoms with Crippen LogP contribution in [0, 0.1) is 11.8 Å². The Labute approximate surface area is 158 Å². The number of aryl methyl sites for hydroxylation is 1. The van der Waals surface area contributed by atoms with E-state index in [0.29, 0.717) is 34.0 Å². The number of aromatic nitrogens is 5. The monoisotopic (exact) mass is 390 g/mol. The third-order valence-electron chi connectivity index (χ3n) is 5.63. The van der Waals surface area contributed by atoms with Gasteiger partial charge in [-0.05, 0) is 37.5 Å². The minimum atomic E-state index is -2.95. The number of nitrogens with one attached hydrogen (secondary N) is 1. The number of nitrogens with two attached hydrogens (primary N) is 1. The number of ether oxygens (including phenoxy) is 1. The second-order valence-corrected chi connectivity index (χ2v) is 7.65. The number of alkyl halides is 2. The summed E-state index contributed by atoms with van der Waals surface area (Å²) in [5.41, 5.74) is 7.25. The van der Waals surface area contributed by atoms with Gasteiger partial charge in [-0.3, -0.25) is 9.89 Å². The number of hydrogen-bond donors (Lipinski definition) is 2. The van der Waals surface area contributed by atoms with Gasteiger partial charge in [0.2, 0.25) is 5.88 Å². The molecule has 0 aliphatic heterocycles. The summed E-state index contributed by atoms with van der Waals surface area (Å²) in [5, 5.41) is 11.4. The lowest BCUT2D eigenvalue weighted by molar-refractivity contribution is -0.0553. The van der Waals surface area contributed by atoms with Crippen molar-refractivity contribution in [3.63, 3.8) is 0 Å². The molecule has 3 aromatic heterocycles. The highest BCUT2D eigenvalue weighted by Crippen LogP contribution is 2.52. The van der Waals surface area contributed by atoms with Crippen molar-refractivity contribution in [1.82, 2.24) is 24.5 Å². The van der Waals surface area contributed by atoms with Crippen molar-refractivity contribution in [1.29, 1.82) is 0 Å². The van der Waals surface area contributed by atoms with Crippen LogP contribution in [0.25, 0.3) is 22.2 Å². The first-order chi connectivity index (χ1) is 13.4. The molecule has 3 aromatic rings. The lowest BCUT2D eigenvalue weighted by Crippen LogP contribution is -2.27. The van der Waals surface area contributed by atoms with Crippen LogP contribution in [-0.4, -0.2) is 31.2 Å². The number of nitrogens with zero attached hydrogens (tertiary/aromatic N) is 4. The molecule has 0 spiro atoms. The van der Waals surface area contributed by atoms with E-state index in [1.54, 1.807) is 10.8 Å². The SMILES string of the molecule is Cn1nc(-c2cn(C(C3CC3)C3CC3)c(=O)c3c(N)n[nH]c23)cc1OC(F)F. The maximum Gasteiger partial charge on any atom is 0.388 e. The molecule has 0 unspecified atom stereocenters. The van der Waals surface area contributed by atoms with Crippen LogP contribution in [0.15, 0.2) is 17.1 Å². The predicted molar refractivity (Wildman–Crippen MR) is 98.1 cm³/mol. The van der Waals surface area contributed by atoms with Crippen LogP contribution < -0.4 is 16.0 Å². The van der Waals surface area contributed by atoms with Gasteiger partial charge in [0, 0.05) is 30.9 Å². The van der Waals surface area contributed by atoms with Crippen molar-refractivity contribution >= 4 is 16.7 Å². The summed E-state index contributed by atoms with van der Waals surface area (Å²) >= 11 is 0. The Morgan fingerprint density at radius 3 is 2.57 bits per heavy atom. The highest BCUT2D eigenvalue weighted by molar-refractivity contribution is 5.97. The third-order valence-corrected chi connectivity index (χ3v) is 5.63. The number of aromatic amines is 1. The van der Waals surface area contributed by atoms with Gasteiger partial charge in [-0.15, -0.1) is 0 Å². The van der Waals surface area contributed by atoms with Gasteiger partial charge in [0.15, 0.2) is 5.82 Å². The van der Waals surface area contributed by atoms with Gasteiger partial charge in [-0.2, -0.15) is 19.0 Å². The van der Waals surface area contributed by atoms with E-state index in [1.807, 2.05) is 0 Å². The van der Waals surface area contributed by atoms with E-state index in [-0.39, 0.29) is 23.3 Å². The first-order valence-electron chi connectivity index (χ1n) is 9.32. The lowest BCUT2D eigenvalue weighted by Gasteiger charge is -2.20. The molecule has 0 radical (unpaired) electrons. The van der Waals surface area contributed by atoms with Crippen LogP contribution in [0.3, 0.4) is 0 Å². The van der Waals surface area contributed by atoms with Crippen molar-refractivity contribution in [2.24, 2.45) is 18.9 Å². The van der Waals surface area contributed by atoms with E-state index >= 15 is 0 Å². The summed E-state index contributed by atoms with van der Waals surface area (Å²) < 4.78 is 32.8. The summed E-state index contributed by atoms with van der Waals surface area (Å²) in [5.74, 6) is 1.04. The number of hydrogen-bond acceptors (Lipinski definition) is 5. The summed E-state index contributed by atoms with van der Waals surface area (Å²) in [6, 6.07) is 1.56. The molecule has 2 aliphatic rings. The molecule has 0 bridgehead atoms. The summed E-state index contributed by atoms with van der Waals surface area (Å²) in [7, 11) is 1.52. The molecule has 2 fully saturated rings. The lowest BCUT2D eigenvalue weighted by atomic mass is 10.0. The van der Waals surface area contributed by atoms with Crippen molar-refractivity contribution in [2.45, 2.75) is 38.3 Å². The normalized spacial score (nSPS) is 17.2. The predicted octanol–water partition coefficient (Wildman–Crippen LogP) is 2.67. The average Bonchev–Trinajstić information content (AvgIpc) is 3.56. The molecule has 5 rings (SSSR count). The van der Waals surface area contributed by atoms with Gasteiger partial charge in [-0.25, -0.2) is 4.68 Å². The van der Waals surface area contributed by atoms with Crippen LogP contribution in [0.2, 0.25) is 0 Å². The van der Waals surface area contributed by atoms with Gasteiger partial charge in [-0.1, -0.05) is 0 Å². The molecule has 28 heavy (non-hydrogen) atoms. The topological polar surface area (TPSA) is 104 Å². The molecule has 3 heterocycles. The standard InChI is InChI=1S/C18H20F2N6O2/c1-25-12(28-18(19)20)6-11(24-25)10-7-26(15(8-2-3-8)9-4-5-9)17(27)13-14(10)22-23-16(13)21/h6-9,15,18H,2-5H2,1H3,(H3,21,22,23). The second kappa shape index (κ2) is 6.05. The van der Waals surface area contributed by atoms with Crippen molar-refractivity contribution in [3.8, 4) is 17.1 Å². The number of anilines is 1. The molecule has 10 heteroatoms. The molecule has 0 atom stereocenters. The molecule has 148 valence electrons. The molecule has 2 aliphatic carbocycles. The van der Waals surface area contributed by atoms with Gasteiger partial charge in [0.05, 0.1) is 11.2 Å². The third kappa shape index (κ3) is 2.74. The van der Waals surface area contributed by atoms with E-state index < -0.39 is 6.61 Å². The molecule has 3 N–H and O–H groups in total. The first-order valence-corrected chi connectivity index (χ1v) is 9.32. The molecule has 8 nitrogen and oxygen atoms in total. The quantitative estimate of drug-likeness (QED) is 0.673. The zero-order valence-electron chi connectivity index (χ0n) is 15.2. The molecular weight excluding hydrogens is 370 g/mol. The Morgan fingerprint density at radius 1 is 1.29 bits per heavy atom. The van der Waals surface area contributed by atoms with Crippen LogP contribution >= 0.6 is 0 Å². The number of halogens is 2. The van der Waals surface area contributed by atoms with Crippen LogP contribution in [-0.2, 0) is 7.05 Å². The van der Waals surface area contributed by atoms with Crippen LogP contribution in [0.1, 0.15) is 31.7 Å². The van der Waals surface area contributed by atoms with Crippen molar-refractivity contribution in [2.75, 3.05) is 5.73 Å². The zero-order chi connectivity index (χ0) is 19.6. The minimum absolute atomic E-state index is 0.0654. The molecule has 0 aromatic carbocycles. The van der Waals surface area contributed by atoms with E-state index in [9.17, 15) is 13.6 Å². The summed E-state index contributed by atoms with van der Waals surface area (Å²) in [4.78, 5) is 13.2. The Morgan fingerprint density at radius 2 is 1.96 bits per heavy atom. The fourth-order valence-electron chi connectivity index (χ4n) is 4.07. The highest BCUT2D eigenvalue weighted by atomic mass is 19.3. The number of fused-ring (bicyclic) bond motifs is 1. The van der Waals surface area contributed by atoms with E-state index in [4.69, 9.17) is 5.73 Å². The molecule has 2 saturated carbocycles. The molecule has 0 saturated heterocycles. The number of H-pyrrole nitrogens is 1. The van der Waals surface area contributed by atoms with Gasteiger partial charge < -0.3 is 15.0 Å². The van der Waals surface area contributed by atoms with Gasteiger partial charge in [0.1, 0.15) is 5.39 Å². The maximum atomic E-state index is 13.2. The Hall–Kier alpha value is -2.91. The summed E-state index contributed by atoms with van der Waals surface area (Å²) in [6.07, 6.45) is 6.20. The molecular formula is C18H20F2N6O2. The Balaban J connectivity index is 1.70. The van der Waals surface area contributed by atoms with Crippen LogP contribution in [0.4, 0.5) is 14.6 Å². The first kappa shape index (κ1) is 17.2. The van der Waals surface area contributed by atoms with Gasteiger partial charge >= 0.3 is 6.61 Å². The zero-order valence-corrected chi connectivity index (χ0v) is 15.2. The molecule has 0 amide bonds. The largest absolute Gasteiger partial charge is 0.417 e. The number of nitrogen functional groups attached to an aromatic ring is 1. The smallest absolute Gasteiger partial charge is 0.388 e. The van der Waals surface area contributed by atoms with Crippen molar-refractivity contribution in [3.05, 3.63) is 22.6 Å². The van der Waals surface area contributed by atoms with Crippen molar-refractivity contribution < 1.29 is 13.5 Å². The average molecular weight is 390 g/mol. The second-order valence-electron chi connectivity index (χ2n) is 7.65. The number of pyridine rings is 1. The fourth-order valence-corrected chi connectivity index (χ4v) is 4.07. The highest BCUT2D eigenvalue weighted by Gasteiger charge is 2.43. The van der Waals surface area contributed by atoms with E-state index in [1.165, 1.54) is 17.8 Å². The Bertz CT molecular complexity index is 1100. The fraction of sp³-hybridized carbons (Fsp3) is 0.500. The maximum absolute atomic E-state index is 13.2. The van der Waals surface area contributed by atoms with Gasteiger partial charge in [0.25, 0.3) is 5.56 Å². The van der Waals surface area contributed by atoms with E-state index in [0.717, 1.165) is 25.7 Å². The Kier molecular flexibility index (Phi) is 3.72. The summed E-state index contributed by atoms with van der Waals surface area (Å²) in [6.45, 7) is -2.95. The van der Waals surface area contributed by atoms with Crippen LogP contribution in [0.5, 0.6) is 5.88 Å². The van der Waals surface area contributed by atoms with E-state index in [2.05, 4.69) is 20.0 Å². The minimum Gasteiger partial charge on any atom is -0.417 e.